The highest BCUT2D eigenvalue weighted by molar-refractivity contribution is 9.10. The first-order valence-corrected chi connectivity index (χ1v) is 8.93. The third-order valence-corrected chi connectivity index (χ3v) is 6.86. The molecule has 1 aromatic heterocycles. The number of hydrogen-bond acceptors (Lipinski definition) is 5. The molecule has 0 aliphatic carbocycles. The summed E-state index contributed by atoms with van der Waals surface area (Å²) in [5, 5.41) is 0. The van der Waals surface area contributed by atoms with E-state index in [1.54, 1.807) is 11.8 Å². The summed E-state index contributed by atoms with van der Waals surface area (Å²) < 4.78 is 32.1. The Morgan fingerprint density at radius 2 is 2.39 bits per heavy atom. The molecule has 0 spiro atoms. The largest absolute Gasteiger partial charge is 0.452 e. The molecule has 0 bridgehead atoms. The Kier molecular flexibility index (Phi) is 4.43. The van der Waals surface area contributed by atoms with Crippen molar-refractivity contribution in [2.75, 3.05) is 18.1 Å². The Morgan fingerprint density at radius 1 is 1.67 bits per heavy atom. The molecule has 18 heavy (non-hydrogen) atoms. The van der Waals surface area contributed by atoms with Gasteiger partial charge in [-0.2, -0.15) is 16.1 Å². The highest BCUT2D eigenvalue weighted by Crippen LogP contribution is 2.31. The maximum Gasteiger partial charge on any atom is 0.247 e. The van der Waals surface area contributed by atoms with Crippen LogP contribution < -0.4 is 5.73 Å². The first kappa shape index (κ1) is 14.4. The number of rotatable bonds is 3. The van der Waals surface area contributed by atoms with Crippen molar-refractivity contribution in [3.63, 3.8) is 0 Å². The van der Waals surface area contributed by atoms with Gasteiger partial charge in [0.15, 0.2) is 4.67 Å². The molecule has 0 radical (unpaired) electrons. The molecular weight excluding hydrogens is 340 g/mol. The highest BCUT2D eigenvalue weighted by Gasteiger charge is 2.34. The van der Waals surface area contributed by atoms with E-state index in [4.69, 9.17) is 10.2 Å². The summed E-state index contributed by atoms with van der Waals surface area (Å²) in [4.78, 5) is 0.168. The molecule has 1 aliphatic rings. The third kappa shape index (κ3) is 2.62. The van der Waals surface area contributed by atoms with Crippen molar-refractivity contribution < 1.29 is 12.8 Å². The third-order valence-electron chi connectivity index (χ3n) is 2.80. The molecule has 8 heteroatoms. The van der Waals surface area contributed by atoms with Crippen LogP contribution in [0.2, 0.25) is 0 Å². The van der Waals surface area contributed by atoms with E-state index in [2.05, 4.69) is 15.9 Å². The molecule has 1 atom stereocenters. The van der Waals surface area contributed by atoms with E-state index in [1.807, 2.05) is 6.92 Å². The van der Waals surface area contributed by atoms with Gasteiger partial charge in [-0.1, -0.05) is 0 Å². The Balaban J connectivity index is 2.37. The van der Waals surface area contributed by atoms with Crippen molar-refractivity contribution in [3.05, 3.63) is 16.5 Å². The Hall–Kier alpha value is -0.0200. The summed E-state index contributed by atoms with van der Waals surface area (Å²) in [6.45, 7) is 2.63. The second-order valence-electron chi connectivity index (χ2n) is 4.09. The summed E-state index contributed by atoms with van der Waals surface area (Å²) in [5.74, 6) is 2.10. The van der Waals surface area contributed by atoms with Gasteiger partial charge in [0.1, 0.15) is 10.7 Å². The zero-order chi connectivity index (χ0) is 13.3. The Morgan fingerprint density at radius 3 is 2.94 bits per heavy atom. The summed E-state index contributed by atoms with van der Waals surface area (Å²) in [5.41, 5.74) is 5.45. The van der Waals surface area contributed by atoms with E-state index < -0.39 is 10.0 Å². The quantitative estimate of drug-likeness (QED) is 0.892. The van der Waals surface area contributed by atoms with Crippen LogP contribution in [-0.4, -0.2) is 36.8 Å². The molecule has 1 saturated heterocycles. The number of hydrogen-bond donors (Lipinski definition) is 1. The van der Waals surface area contributed by atoms with Crippen molar-refractivity contribution in [1.82, 2.24) is 4.31 Å². The maximum atomic E-state index is 12.5. The molecule has 0 aromatic carbocycles. The molecule has 1 fully saturated rings. The van der Waals surface area contributed by atoms with Crippen molar-refractivity contribution in [3.8, 4) is 0 Å². The molecule has 2 N–H and O–H groups in total. The first-order chi connectivity index (χ1) is 8.46. The van der Waals surface area contributed by atoms with E-state index in [1.165, 1.54) is 10.4 Å². The van der Waals surface area contributed by atoms with Crippen molar-refractivity contribution in [1.29, 1.82) is 0 Å². The molecule has 5 nitrogen and oxygen atoms in total. The van der Waals surface area contributed by atoms with E-state index in [-0.39, 0.29) is 22.2 Å². The van der Waals surface area contributed by atoms with Crippen LogP contribution >= 0.6 is 27.7 Å². The Bertz CT molecular complexity index is 529. The molecule has 0 saturated carbocycles. The van der Waals surface area contributed by atoms with Crippen LogP contribution in [-0.2, 0) is 16.6 Å². The fourth-order valence-corrected chi connectivity index (χ4v) is 5.69. The smallest absolute Gasteiger partial charge is 0.247 e. The average molecular weight is 355 g/mol. The zero-order valence-electron chi connectivity index (χ0n) is 9.93. The van der Waals surface area contributed by atoms with E-state index in [0.29, 0.717) is 12.3 Å². The van der Waals surface area contributed by atoms with Crippen LogP contribution in [0, 0.1) is 0 Å². The van der Waals surface area contributed by atoms with Crippen LogP contribution in [0.5, 0.6) is 0 Å². The van der Waals surface area contributed by atoms with E-state index in [9.17, 15) is 8.42 Å². The molecule has 1 aliphatic heterocycles. The molecule has 1 unspecified atom stereocenters. The lowest BCUT2D eigenvalue weighted by Gasteiger charge is -2.31. The standard InChI is InChI=1S/C10H15BrN2O3S2/c1-7-6-17-3-2-13(7)18(14,15)9-4-8(5-12)16-10(9)11/h4,7H,2-3,5-6,12H2,1H3. The fourth-order valence-electron chi connectivity index (χ4n) is 1.87. The number of nitrogens with two attached hydrogens (primary N) is 1. The first-order valence-electron chi connectivity index (χ1n) is 5.54. The molecular formula is C10H15BrN2O3S2. The predicted octanol–water partition coefficient (Wildman–Crippen LogP) is 1.63. The monoisotopic (exact) mass is 354 g/mol. The van der Waals surface area contributed by atoms with Gasteiger partial charge in [-0.3, -0.25) is 0 Å². The zero-order valence-corrected chi connectivity index (χ0v) is 13.1. The van der Waals surface area contributed by atoms with Crippen LogP contribution in [0.4, 0.5) is 0 Å². The van der Waals surface area contributed by atoms with Crippen LogP contribution in [0.3, 0.4) is 0 Å². The molecule has 2 heterocycles. The molecule has 0 amide bonds. The fraction of sp³-hybridized carbons (Fsp3) is 0.600. The number of halogens is 1. The van der Waals surface area contributed by atoms with Gasteiger partial charge < -0.3 is 10.2 Å². The number of furan rings is 1. The van der Waals surface area contributed by atoms with Gasteiger partial charge in [0.05, 0.1) is 6.54 Å². The summed E-state index contributed by atoms with van der Waals surface area (Å²) in [7, 11) is -3.51. The van der Waals surface area contributed by atoms with Crippen LogP contribution in [0.1, 0.15) is 12.7 Å². The normalized spacial score (nSPS) is 22.3. The average Bonchev–Trinajstić information content (AvgIpc) is 2.71. The number of sulfonamides is 1. The van der Waals surface area contributed by atoms with Crippen LogP contribution in [0.15, 0.2) is 20.0 Å². The van der Waals surface area contributed by atoms with E-state index in [0.717, 1.165) is 11.5 Å². The molecule has 2 rings (SSSR count). The summed E-state index contributed by atoms with van der Waals surface area (Å²) >= 11 is 4.92. The molecule has 1 aromatic rings. The van der Waals surface area contributed by atoms with Crippen LogP contribution in [0.25, 0.3) is 0 Å². The van der Waals surface area contributed by atoms with Gasteiger partial charge in [0, 0.05) is 30.2 Å². The summed E-state index contributed by atoms with van der Waals surface area (Å²) in [6.07, 6.45) is 0. The number of thioether (sulfide) groups is 1. The van der Waals surface area contributed by atoms with Gasteiger partial charge in [-0.15, -0.1) is 0 Å². The maximum absolute atomic E-state index is 12.5. The lowest BCUT2D eigenvalue weighted by atomic mass is 10.4. The van der Waals surface area contributed by atoms with Gasteiger partial charge in [0.2, 0.25) is 10.0 Å². The van der Waals surface area contributed by atoms with Crippen molar-refractivity contribution in [2.45, 2.75) is 24.4 Å². The SMILES string of the molecule is CC1CSCCN1S(=O)(=O)c1cc(CN)oc1Br. The minimum Gasteiger partial charge on any atom is -0.452 e. The highest BCUT2D eigenvalue weighted by atomic mass is 79.9. The predicted molar refractivity (Wildman–Crippen MR) is 75.0 cm³/mol. The van der Waals surface area contributed by atoms with Crippen molar-refractivity contribution in [2.24, 2.45) is 5.73 Å². The lowest BCUT2D eigenvalue weighted by Crippen LogP contribution is -2.44. The minimum atomic E-state index is -3.51. The van der Waals surface area contributed by atoms with Gasteiger partial charge in [-0.25, -0.2) is 8.42 Å². The van der Waals surface area contributed by atoms with Gasteiger partial charge in [-0.05, 0) is 22.9 Å². The second kappa shape index (κ2) is 5.54. The second-order valence-corrected chi connectivity index (χ2v) is 7.82. The summed E-state index contributed by atoms with van der Waals surface area (Å²) in [6, 6.07) is 1.49. The minimum absolute atomic E-state index is 0.00289. The van der Waals surface area contributed by atoms with Gasteiger partial charge in [0.25, 0.3) is 0 Å². The number of nitrogens with zero attached hydrogens (tertiary/aromatic N) is 1. The molecule has 102 valence electrons. The van der Waals surface area contributed by atoms with Gasteiger partial charge >= 0.3 is 0 Å². The lowest BCUT2D eigenvalue weighted by molar-refractivity contribution is 0.366. The Labute approximate surface area is 119 Å². The van der Waals surface area contributed by atoms with E-state index >= 15 is 0 Å². The van der Waals surface area contributed by atoms with Crippen molar-refractivity contribution >= 4 is 37.7 Å². The topological polar surface area (TPSA) is 76.5 Å².